The van der Waals surface area contributed by atoms with Gasteiger partial charge in [-0.15, -0.1) is 0 Å². The van der Waals surface area contributed by atoms with Crippen molar-refractivity contribution in [3.8, 4) is 0 Å². The zero-order valence-electron chi connectivity index (χ0n) is 10.6. The van der Waals surface area contributed by atoms with Crippen LogP contribution < -0.4 is 10.6 Å². The van der Waals surface area contributed by atoms with Gasteiger partial charge in [0.25, 0.3) is 5.91 Å². The molecule has 1 saturated heterocycles. The number of rotatable bonds is 3. The van der Waals surface area contributed by atoms with Gasteiger partial charge in [0, 0.05) is 0 Å². The Labute approximate surface area is 109 Å². The second-order valence-corrected chi connectivity index (χ2v) is 4.64. The lowest BCUT2D eigenvalue weighted by Gasteiger charge is -2.30. The Balaban J connectivity index is 2.58. The normalized spacial score (nSPS) is 23.7. The molecule has 0 saturated carbocycles. The van der Waals surface area contributed by atoms with Crippen molar-refractivity contribution in [3.05, 3.63) is 35.4 Å². The first-order valence-corrected chi connectivity index (χ1v) is 5.81. The SMILES string of the molecule is Cc1ccc(C2(C(C)C(=O)O)NC(=O)NC2=O)cc1. The van der Waals surface area contributed by atoms with Crippen LogP contribution in [-0.2, 0) is 15.1 Å². The molecule has 0 spiro atoms. The maximum atomic E-state index is 12.1. The number of carboxylic acids is 1. The molecule has 0 radical (unpaired) electrons. The Morgan fingerprint density at radius 3 is 2.26 bits per heavy atom. The Hall–Kier alpha value is -2.37. The molecule has 1 aromatic carbocycles. The van der Waals surface area contributed by atoms with Crippen LogP contribution in [0.15, 0.2) is 24.3 Å². The van der Waals surface area contributed by atoms with Gasteiger partial charge < -0.3 is 10.4 Å². The number of imide groups is 1. The van der Waals surface area contributed by atoms with Crippen molar-refractivity contribution in [2.24, 2.45) is 5.92 Å². The smallest absolute Gasteiger partial charge is 0.322 e. The summed E-state index contributed by atoms with van der Waals surface area (Å²) >= 11 is 0. The third-order valence-corrected chi connectivity index (χ3v) is 3.42. The van der Waals surface area contributed by atoms with E-state index in [1.165, 1.54) is 6.92 Å². The number of carboxylic acid groups (broad SMARTS) is 1. The predicted octanol–water partition coefficient (Wildman–Crippen LogP) is 0.750. The van der Waals surface area contributed by atoms with Crippen LogP contribution in [0.2, 0.25) is 0 Å². The third kappa shape index (κ3) is 1.95. The molecular weight excluding hydrogens is 248 g/mol. The summed E-state index contributed by atoms with van der Waals surface area (Å²) in [5.74, 6) is -2.88. The summed E-state index contributed by atoms with van der Waals surface area (Å²) in [7, 11) is 0. The molecule has 2 unspecified atom stereocenters. The standard InChI is InChI=1S/C13H14N2O4/c1-7-3-5-9(6-4-7)13(8(2)10(16)17)11(18)14-12(19)15-13/h3-6,8H,1-2H3,(H,16,17)(H2,14,15,18,19). The van der Waals surface area contributed by atoms with Crippen LogP contribution in [0.25, 0.3) is 0 Å². The highest BCUT2D eigenvalue weighted by Gasteiger charge is 2.54. The second kappa shape index (κ2) is 4.38. The number of aryl methyl sites for hydroxylation is 1. The summed E-state index contributed by atoms with van der Waals surface area (Å²) in [5.41, 5.74) is -0.126. The van der Waals surface area contributed by atoms with Crippen LogP contribution in [0.1, 0.15) is 18.1 Å². The first kappa shape index (κ1) is 13.1. The van der Waals surface area contributed by atoms with E-state index >= 15 is 0 Å². The number of hydrogen-bond acceptors (Lipinski definition) is 3. The fraction of sp³-hybridized carbons (Fsp3) is 0.308. The van der Waals surface area contributed by atoms with E-state index in [1.54, 1.807) is 24.3 Å². The van der Waals surface area contributed by atoms with Crippen LogP contribution in [-0.4, -0.2) is 23.0 Å². The van der Waals surface area contributed by atoms with E-state index in [0.29, 0.717) is 5.56 Å². The maximum Gasteiger partial charge on any atom is 0.322 e. The van der Waals surface area contributed by atoms with Gasteiger partial charge in [0.1, 0.15) is 0 Å². The van der Waals surface area contributed by atoms with Gasteiger partial charge in [-0.05, 0) is 19.4 Å². The van der Waals surface area contributed by atoms with Gasteiger partial charge in [-0.1, -0.05) is 29.8 Å². The first-order valence-electron chi connectivity index (χ1n) is 5.81. The first-order chi connectivity index (χ1) is 8.87. The molecule has 19 heavy (non-hydrogen) atoms. The second-order valence-electron chi connectivity index (χ2n) is 4.64. The number of urea groups is 1. The Kier molecular flexibility index (Phi) is 3.01. The highest BCUT2D eigenvalue weighted by atomic mass is 16.4. The Morgan fingerprint density at radius 1 is 1.26 bits per heavy atom. The highest BCUT2D eigenvalue weighted by molar-refractivity contribution is 6.09. The quantitative estimate of drug-likeness (QED) is 0.700. The van der Waals surface area contributed by atoms with Gasteiger partial charge in [0.15, 0.2) is 5.54 Å². The van der Waals surface area contributed by atoms with E-state index in [2.05, 4.69) is 10.6 Å². The van der Waals surface area contributed by atoms with Gasteiger partial charge >= 0.3 is 12.0 Å². The van der Waals surface area contributed by atoms with Gasteiger partial charge in [0.2, 0.25) is 0 Å². The zero-order valence-corrected chi connectivity index (χ0v) is 10.6. The lowest BCUT2D eigenvalue weighted by Crippen LogP contribution is -2.51. The van der Waals surface area contributed by atoms with Gasteiger partial charge in [0.05, 0.1) is 5.92 Å². The van der Waals surface area contributed by atoms with E-state index in [-0.39, 0.29) is 0 Å². The minimum absolute atomic E-state index is 0.455. The van der Waals surface area contributed by atoms with E-state index in [9.17, 15) is 19.5 Å². The summed E-state index contributed by atoms with van der Waals surface area (Å²) in [6.45, 7) is 3.28. The van der Waals surface area contributed by atoms with E-state index in [0.717, 1.165) is 5.56 Å². The predicted molar refractivity (Wildman–Crippen MR) is 66.3 cm³/mol. The van der Waals surface area contributed by atoms with Crippen LogP contribution >= 0.6 is 0 Å². The topological polar surface area (TPSA) is 95.5 Å². The lowest BCUT2D eigenvalue weighted by molar-refractivity contribution is -0.147. The molecule has 1 aliphatic heterocycles. The maximum absolute atomic E-state index is 12.1. The molecule has 3 amide bonds. The summed E-state index contributed by atoms with van der Waals surface area (Å²) < 4.78 is 0. The summed E-state index contributed by atoms with van der Waals surface area (Å²) in [6, 6.07) is 6.16. The molecule has 6 nitrogen and oxygen atoms in total. The lowest BCUT2D eigenvalue weighted by atomic mass is 9.78. The molecule has 2 atom stereocenters. The van der Waals surface area contributed by atoms with Crippen molar-refractivity contribution in [1.29, 1.82) is 0 Å². The van der Waals surface area contributed by atoms with Crippen molar-refractivity contribution < 1.29 is 19.5 Å². The largest absolute Gasteiger partial charge is 0.481 e. The molecule has 1 fully saturated rings. The minimum atomic E-state index is -1.56. The number of hydrogen-bond donors (Lipinski definition) is 3. The molecule has 3 N–H and O–H groups in total. The van der Waals surface area contributed by atoms with E-state index < -0.39 is 29.4 Å². The summed E-state index contributed by atoms with van der Waals surface area (Å²) in [5, 5.41) is 13.8. The monoisotopic (exact) mass is 262 g/mol. The Bertz CT molecular complexity index is 552. The third-order valence-electron chi connectivity index (χ3n) is 3.42. The molecule has 6 heteroatoms. The molecule has 1 heterocycles. The number of nitrogens with one attached hydrogen (secondary N) is 2. The van der Waals surface area contributed by atoms with Crippen LogP contribution in [0, 0.1) is 12.8 Å². The van der Waals surface area contributed by atoms with Crippen molar-refractivity contribution in [2.75, 3.05) is 0 Å². The van der Waals surface area contributed by atoms with E-state index in [4.69, 9.17) is 0 Å². The highest BCUT2D eigenvalue weighted by Crippen LogP contribution is 2.33. The molecule has 0 aromatic heterocycles. The number of aliphatic carboxylic acids is 1. The zero-order chi connectivity index (χ0) is 14.2. The summed E-state index contributed by atoms with van der Waals surface area (Å²) in [4.78, 5) is 34.7. The molecule has 1 aliphatic rings. The molecule has 2 rings (SSSR count). The molecule has 1 aromatic rings. The fourth-order valence-electron chi connectivity index (χ4n) is 2.23. The number of benzene rings is 1. The fourth-order valence-corrected chi connectivity index (χ4v) is 2.23. The minimum Gasteiger partial charge on any atom is -0.481 e. The molecular formula is C13H14N2O4. The van der Waals surface area contributed by atoms with Crippen molar-refractivity contribution in [2.45, 2.75) is 19.4 Å². The Morgan fingerprint density at radius 2 is 1.84 bits per heavy atom. The van der Waals surface area contributed by atoms with Crippen molar-refractivity contribution in [1.82, 2.24) is 10.6 Å². The van der Waals surface area contributed by atoms with Crippen molar-refractivity contribution >= 4 is 17.9 Å². The van der Waals surface area contributed by atoms with Gasteiger partial charge in [-0.25, -0.2) is 4.79 Å². The number of amides is 3. The van der Waals surface area contributed by atoms with Gasteiger partial charge in [-0.3, -0.25) is 14.9 Å². The number of carbonyl (C=O) groups excluding carboxylic acids is 2. The van der Waals surface area contributed by atoms with E-state index in [1.807, 2.05) is 6.92 Å². The van der Waals surface area contributed by atoms with Crippen LogP contribution in [0.4, 0.5) is 4.79 Å². The molecule has 0 bridgehead atoms. The average Bonchev–Trinajstić information content (AvgIpc) is 2.65. The average molecular weight is 262 g/mol. The van der Waals surface area contributed by atoms with Crippen LogP contribution in [0.5, 0.6) is 0 Å². The number of carbonyl (C=O) groups is 3. The van der Waals surface area contributed by atoms with Gasteiger partial charge in [-0.2, -0.15) is 0 Å². The summed E-state index contributed by atoms with van der Waals surface area (Å²) in [6.07, 6.45) is 0. The van der Waals surface area contributed by atoms with Crippen LogP contribution in [0.3, 0.4) is 0 Å². The van der Waals surface area contributed by atoms with Crippen molar-refractivity contribution in [3.63, 3.8) is 0 Å². The molecule has 100 valence electrons. The molecule has 0 aliphatic carbocycles.